The lowest BCUT2D eigenvalue weighted by Crippen LogP contribution is -2.40. The van der Waals surface area contributed by atoms with Gasteiger partial charge < -0.3 is 9.15 Å². The topological polar surface area (TPSA) is 76.8 Å². The fourth-order valence-electron chi connectivity index (χ4n) is 3.23. The van der Waals surface area contributed by atoms with Crippen molar-refractivity contribution in [2.75, 3.05) is 26.3 Å². The summed E-state index contributed by atoms with van der Waals surface area (Å²) in [7, 11) is -3.58. The molecule has 0 atom stereocenters. The lowest BCUT2D eigenvalue weighted by molar-refractivity contribution is 0.0730. The van der Waals surface area contributed by atoms with Crippen molar-refractivity contribution in [2.24, 2.45) is 0 Å². The van der Waals surface area contributed by atoms with Crippen molar-refractivity contribution in [3.05, 3.63) is 83.6 Å². The highest BCUT2D eigenvalue weighted by Gasteiger charge is 2.26. The maximum atomic E-state index is 13.3. The molecule has 1 saturated heterocycles. The molecular weight excluding hydrogens is 440 g/mol. The first-order valence-electron chi connectivity index (χ1n) is 9.80. The lowest BCUT2D eigenvalue weighted by Gasteiger charge is -2.26. The minimum atomic E-state index is -3.58. The molecule has 3 aromatic rings. The standard InChI is InChI=1S/C23H19F2NO5S/c24-20-8-3-17(15-21(20)25)22(27)9-4-18-5-10-23(31-18)16-1-6-19(7-2-16)32(28,29)26-11-13-30-14-12-26/h1-10,15H,11-14H2. The van der Waals surface area contributed by atoms with Gasteiger partial charge in [-0.3, -0.25) is 4.79 Å². The number of sulfonamides is 1. The SMILES string of the molecule is O=C(C=Cc1ccc(-c2ccc(S(=O)(=O)N3CCOCC3)cc2)o1)c1ccc(F)c(F)c1. The van der Waals surface area contributed by atoms with Gasteiger partial charge in [-0.2, -0.15) is 4.31 Å². The van der Waals surface area contributed by atoms with Crippen LogP contribution in [0.15, 0.2) is 70.0 Å². The Bertz CT molecular complexity index is 1260. The summed E-state index contributed by atoms with van der Waals surface area (Å²) in [4.78, 5) is 12.3. The smallest absolute Gasteiger partial charge is 0.243 e. The number of hydrogen-bond acceptors (Lipinski definition) is 5. The van der Waals surface area contributed by atoms with Crippen LogP contribution in [0.4, 0.5) is 8.78 Å². The normalized spacial score (nSPS) is 15.3. The molecule has 1 aliphatic rings. The van der Waals surface area contributed by atoms with Gasteiger partial charge in [0.1, 0.15) is 11.5 Å². The van der Waals surface area contributed by atoms with Gasteiger partial charge in [-0.05, 0) is 66.7 Å². The molecule has 1 aliphatic heterocycles. The first-order valence-corrected chi connectivity index (χ1v) is 11.2. The van der Waals surface area contributed by atoms with E-state index in [1.165, 1.54) is 34.7 Å². The van der Waals surface area contributed by atoms with Crippen molar-refractivity contribution < 1.29 is 31.1 Å². The van der Waals surface area contributed by atoms with E-state index in [1.807, 2.05) is 0 Å². The minimum Gasteiger partial charge on any atom is -0.457 e. The number of hydrogen-bond donors (Lipinski definition) is 0. The van der Waals surface area contributed by atoms with Gasteiger partial charge in [-0.1, -0.05) is 0 Å². The molecule has 0 aliphatic carbocycles. The molecule has 0 saturated carbocycles. The zero-order valence-corrected chi connectivity index (χ0v) is 17.6. The summed E-state index contributed by atoms with van der Waals surface area (Å²) in [5.41, 5.74) is 0.682. The van der Waals surface area contributed by atoms with E-state index in [-0.39, 0.29) is 10.5 Å². The Morgan fingerprint density at radius 2 is 1.66 bits per heavy atom. The molecule has 32 heavy (non-hydrogen) atoms. The van der Waals surface area contributed by atoms with Crippen LogP contribution in [0.2, 0.25) is 0 Å². The number of allylic oxidation sites excluding steroid dienone is 1. The maximum Gasteiger partial charge on any atom is 0.243 e. The average Bonchev–Trinajstić information content (AvgIpc) is 3.29. The van der Waals surface area contributed by atoms with E-state index in [9.17, 15) is 22.0 Å². The van der Waals surface area contributed by atoms with E-state index < -0.39 is 27.4 Å². The van der Waals surface area contributed by atoms with Crippen LogP contribution in [0.1, 0.15) is 16.1 Å². The largest absolute Gasteiger partial charge is 0.457 e. The number of nitrogens with zero attached hydrogens (tertiary/aromatic N) is 1. The molecule has 9 heteroatoms. The molecule has 1 aromatic heterocycles. The number of ether oxygens (including phenoxy) is 1. The monoisotopic (exact) mass is 459 g/mol. The second-order valence-corrected chi connectivity index (χ2v) is 9.01. The predicted octanol–water partition coefficient (Wildman–Crippen LogP) is 4.14. The third-order valence-electron chi connectivity index (χ3n) is 4.98. The highest BCUT2D eigenvalue weighted by molar-refractivity contribution is 7.89. The number of carbonyl (C=O) groups is 1. The van der Waals surface area contributed by atoms with Crippen molar-refractivity contribution in [1.82, 2.24) is 4.31 Å². The Morgan fingerprint density at radius 3 is 2.34 bits per heavy atom. The summed E-state index contributed by atoms with van der Waals surface area (Å²) in [6, 6.07) is 12.6. The molecular formula is C23H19F2NO5S. The number of carbonyl (C=O) groups excluding carboxylic acids is 1. The van der Waals surface area contributed by atoms with Gasteiger partial charge in [-0.15, -0.1) is 0 Å². The molecule has 1 fully saturated rings. The second kappa shape index (κ2) is 9.15. The molecule has 6 nitrogen and oxygen atoms in total. The fourth-order valence-corrected chi connectivity index (χ4v) is 4.64. The molecule has 2 aromatic carbocycles. The van der Waals surface area contributed by atoms with E-state index in [4.69, 9.17) is 9.15 Å². The van der Waals surface area contributed by atoms with Gasteiger partial charge in [0, 0.05) is 24.2 Å². The predicted molar refractivity (Wildman–Crippen MR) is 113 cm³/mol. The van der Waals surface area contributed by atoms with Crippen molar-refractivity contribution in [2.45, 2.75) is 4.90 Å². The summed E-state index contributed by atoms with van der Waals surface area (Å²) in [6.45, 7) is 1.39. The van der Waals surface area contributed by atoms with E-state index in [1.54, 1.807) is 24.3 Å². The van der Waals surface area contributed by atoms with Crippen LogP contribution >= 0.6 is 0 Å². The highest BCUT2D eigenvalue weighted by Crippen LogP contribution is 2.26. The second-order valence-electron chi connectivity index (χ2n) is 7.07. The zero-order chi connectivity index (χ0) is 22.7. The van der Waals surface area contributed by atoms with Gasteiger partial charge >= 0.3 is 0 Å². The quantitative estimate of drug-likeness (QED) is 0.409. The van der Waals surface area contributed by atoms with Crippen molar-refractivity contribution in [1.29, 1.82) is 0 Å². The van der Waals surface area contributed by atoms with Crippen LogP contribution in [-0.2, 0) is 14.8 Å². The fraction of sp³-hybridized carbons (Fsp3) is 0.174. The Balaban J connectivity index is 1.47. The number of ketones is 1. The first kappa shape index (κ1) is 22.1. The Labute approximate surface area is 183 Å². The summed E-state index contributed by atoms with van der Waals surface area (Å²) in [6.07, 6.45) is 2.62. The van der Waals surface area contributed by atoms with E-state index in [0.29, 0.717) is 43.4 Å². The van der Waals surface area contributed by atoms with Gasteiger partial charge in [0.2, 0.25) is 10.0 Å². The summed E-state index contributed by atoms with van der Waals surface area (Å²) in [5.74, 6) is -1.76. The van der Waals surface area contributed by atoms with Crippen LogP contribution in [0, 0.1) is 11.6 Å². The van der Waals surface area contributed by atoms with Crippen molar-refractivity contribution >= 4 is 21.9 Å². The Hall–Kier alpha value is -3.14. The summed E-state index contributed by atoms with van der Waals surface area (Å²) in [5, 5.41) is 0. The first-order chi connectivity index (χ1) is 15.3. The van der Waals surface area contributed by atoms with Gasteiger partial charge in [0.15, 0.2) is 17.4 Å². The third kappa shape index (κ3) is 4.69. The molecule has 2 heterocycles. The van der Waals surface area contributed by atoms with Gasteiger partial charge in [0.05, 0.1) is 18.1 Å². The Kier molecular flexibility index (Phi) is 6.31. The molecule has 0 N–H and O–H groups in total. The molecule has 0 amide bonds. The average molecular weight is 459 g/mol. The van der Waals surface area contributed by atoms with Crippen molar-refractivity contribution in [3.63, 3.8) is 0 Å². The lowest BCUT2D eigenvalue weighted by atomic mass is 10.1. The third-order valence-corrected chi connectivity index (χ3v) is 6.89. The number of rotatable bonds is 6. The van der Waals surface area contributed by atoms with Crippen LogP contribution in [0.25, 0.3) is 17.4 Å². The van der Waals surface area contributed by atoms with Gasteiger partial charge in [0.25, 0.3) is 0 Å². The van der Waals surface area contributed by atoms with Crippen molar-refractivity contribution in [3.8, 4) is 11.3 Å². The number of furan rings is 1. The van der Waals surface area contributed by atoms with Crippen LogP contribution in [0.3, 0.4) is 0 Å². The minimum absolute atomic E-state index is 0.0176. The zero-order valence-electron chi connectivity index (χ0n) is 16.8. The number of benzene rings is 2. The number of halogens is 2. The molecule has 166 valence electrons. The summed E-state index contributed by atoms with van der Waals surface area (Å²) >= 11 is 0. The molecule has 0 spiro atoms. The number of morpholine rings is 1. The van der Waals surface area contributed by atoms with E-state index in [0.717, 1.165) is 12.1 Å². The molecule has 0 unspecified atom stereocenters. The van der Waals surface area contributed by atoms with E-state index in [2.05, 4.69) is 0 Å². The highest BCUT2D eigenvalue weighted by atomic mass is 32.2. The van der Waals surface area contributed by atoms with Crippen LogP contribution in [0.5, 0.6) is 0 Å². The Morgan fingerprint density at radius 1 is 0.938 bits per heavy atom. The van der Waals surface area contributed by atoms with Gasteiger partial charge in [-0.25, -0.2) is 17.2 Å². The molecule has 4 rings (SSSR count). The molecule has 0 radical (unpaired) electrons. The molecule has 0 bridgehead atoms. The van der Waals surface area contributed by atoms with Crippen LogP contribution < -0.4 is 0 Å². The van der Waals surface area contributed by atoms with Crippen LogP contribution in [-0.4, -0.2) is 44.8 Å². The maximum absolute atomic E-state index is 13.3. The van der Waals surface area contributed by atoms with E-state index >= 15 is 0 Å². The summed E-state index contributed by atoms with van der Waals surface area (Å²) < 4.78 is 64.0.